The molecule has 6 heteroatoms. The van der Waals surface area contributed by atoms with Crippen LogP contribution in [0.1, 0.15) is 18.1 Å². The van der Waals surface area contributed by atoms with E-state index >= 15 is 0 Å². The highest BCUT2D eigenvalue weighted by Crippen LogP contribution is 2.25. The molecule has 0 aliphatic rings. The second-order valence-corrected chi connectivity index (χ2v) is 6.33. The molecule has 6 nitrogen and oxygen atoms in total. The van der Waals surface area contributed by atoms with Crippen LogP contribution in [0.5, 0.6) is 17.2 Å². The molecule has 2 aromatic carbocycles. The summed E-state index contributed by atoms with van der Waals surface area (Å²) >= 11 is 0. The highest BCUT2D eigenvalue weighted by atomic mass is 16.5. The maximum absolute atomic E-state index is 12.5. The van der Waals surface area contributed by atoms with Crippen LogP contribution in [0.3, 0.4) is 0 Å². The molecule has 1 atom stereocenters. The summed E-state index contributed by atoms with van der Waals surface area (Å²) in [6, 6.07) is 13.1. The average Bonchev–Trinajstić information content (AvgIpc) is 2.71. The minimum Gasteiger partial charge on any atom is -0.497 e. The predicted molar refractivity (Wildman–Crippen MR) is 105 cm³/mol. The highest BCUT2D eigenvalue weighted by molar-refractivity contribution is 5.81. The Morgan fingerprint density at radius 3 is 2.22 bits per heavy atom. The maximum Gasteiger partial charge on any atom is 0.237 e. The molecular formula is C21H28N2O4. The molecule has 0 spiro atoms. The molecule has 0 fully saturated rings. The number of likely N-dealkylation sites (N-methyl/N-ethyl adjacent to an activating group) is 1. The molecular weight excluding hydrogens is 344 g/mol. The van der Waals surface area contributed by atoms with E-state index in [1.807, 2.05) is 61.3 Å². The molecule has 0 aliphatic carbocycles. The Morgan fingerprint density at radius 1 is 1.00 bits per heavy atom. The van der Waals surface area contributed by atoms with Gasteiger partial charge < -0.3 is 19.5 Å². The average molecular weight is 372 g/mol. The van der Waals surface area contributed by atoms with Crippen molar-refractivity contribution in [3.63, 3.8) is 0 Å². The van der Waals surface area contributed by atoms with Crippen LogP contribution in [-0.2, 0) is 17.9 Å². The summed E-state index contributed by atoms with van der Waals surface area (Å²) in [6.07, 6.45) is 0. The van der Waals surface area contributed by atoms with Crippen LogP contribution in [0.15, 0.2) is 42.5 Å². The third kappa shape index (κ3) is 5.62. The zero-order chi connectivity index (χ0) is 19.8. The number of benzene rings is 2. The van der Waals surface area contributed by atoms with Crippen LogP contribution >= 0.6 is 0 Å². The summed E-state index contributed by atoms with van der Waals surface area (Å²) in [6.45, 7) is 2.95. The minimum atomic E-state index is -0.282. The van der Waals surface area contributed by atoms with Gasteiger partial charge in [0.2, 0.25) is 5.91 Å². The molecule has 0 radical (unpaired) electrons. The van der Waals surface area contributed by atoms with Gasteiger partial charge in [0.05, 0.1) is 27.4 Å². The number of carbonyl (C=O) groups is 1. The summed E-state index contributed by atoms with van der Waals surface area (Å²) in [7, 11) is 6.80. The van der Waals surface area contributed by atoms with Crippen molar-refractivity contribution in [2.75, 3.05) is 28.4 Å². The van der Waals surface area contributed by atoms with Crippen LogP contribution in [0, 0.1) is 0 Å². The second kappa shape index (κ2) is 9.83. The molecule has 0 heterocycles. The zero-order valence-corrected chi connectivity index (χ0v) is 16.6. The van der Waals surface area contributed by atoms with Crippen LogP contribution < -0.4 is 19.5 Å². The van der Waals surface area contributed by atoms with Crippen molar-refractivity contribution >= 4 is 5.91 Å². The molecule has 2 rings (SSSR count). The molecule has 0 aromatic heterocycles. The van der Waals surface area contributed by atoms with Crippen LogP contribution in [0.4, 0.5) is 0 Å². The lowest BCUT2D eigenvalue weighted by Gasteiger charge is -2.25. The first kappa shape index (κ1) is 20.6. The number of carbonyl (C=O) groups excluding carboxylic acids is 1. The fraction of sp³-hybridized carbons (Fsp3) is 0.381. The van der Waals surface area contributed by atoms with Crippen molar-refractivity contribution in [3.8, 4) is 17.2 Å². The van der Waals surface area contributed by atoms with Crippen LogP contribution in [0.2, 0.25) is 0 Å². The zero-order valence-electron chi connectivity index (χ0n) is 16.6. The monoisotopic (exact) mass is 372 g/mol. The predicted octanol–water partition coefficient (Wildman–Crippen LogP) is 2.85. The third-order valence-corrected chi connectivity index (χ3v) is 4.58. The van der Waals surface area contributed by atoms with Crippen molar-refractivity contribution in [3.05, 3.63) is 53.6 Å². The van der Waals surface area contributed by atoms with Crippen LogP contribution in [-0.4, -0.2) is 45.2 Å². The number of hydrogen-bond acceptors (Lipinski definition) is 5. The van der Waals surface area contributed by atoms with Gasteiger partial charge in [-0.25, -0.2) is 0 Å². The van der Waals surface area contributed by atoms with Crippen molar-refractivity contribution < 1.29 is 19.0 Å². The number of nitrogens with one attached hydrogen (secondary N) is 1. The maximum atomic E-state index is 12.5. The molecule has 0 saturated heterocycles. The summed E-state index contributed by atoms with van der Waals surface area (Å²) < 4.78 is 15.8. The summed E-state index contributed by atoms with van der Waals surface area (Å²) in [5.41, 5.74) is 2.02. The van der Waals surface area contributed by atoms with Crippen molar-refractivity contribution in [1.29, 1.82) is 0 Å². The quantitative estimate of drug-likeness (QED) is 0.733. The first-order chi connectivity index (χ1) is 13.0. The van der Waals surface area contributed by atoms with Gasteiger partial charge in [0.25, 0.3) is 0 Å². The van der Waals surface area contributed by atoms with E-state index in [4.69, 9.17) is 14.2 Å². The number of rotatable bonds is 9. The van der Waals surface area contributed by atoms with Gasteiger partial charge in [0.15, 0.2) is 0 Å². The summed E-state index contributed by atoms with van der Waals surface area (Å²) in [5, 5.41) is 2.98. The van der Waals surface area contributed by atoms with Gasteiger partial charge in [-0.1, -0.05) is 18.2 Å². The molecule has 1 N–H and O–H groups in total. The molecule has 0 unspecified atom stereocenters. The Morgan fingerprint density at radius 2 is 1.63 bits per heavy atom. The van der Waals surface area contributed by atoms with E-state index in [1.54, 1.807) is 21.3 Å². The van der Waals surface area contributed by atoms with Gasteiger partial charge in [0.1, 0.15) is 17.2 Å². The first-order valence-electron chi connectivity index (χ1n) is 8.80. The van der Waals surface area contributed by atoms with Crippen molar-refractivity contribution in [1.82, 2.24) is 10.2 Å². The third-order valence-electron chi connectivity index (χ3n) is 4.58. The Kier molecular flexibility index (Phi) is 7.49. The number of nitrogens with zero attached hydrogens (tertiary/aromatic N) is 1. The SMILES string of the molecule is COc1ccc(CNC(=O)[C@@H](C)N(C)Cc2ccc(OC)cc2OC)cc1. The Hall–Kier alpha value is -2.73. The van der Waals surface area contributed by atoms with Gasteiger partial charge in [-0.05, 0) is 37.7 Å². The van der Waals surface area contributed by atoms with Gasteiger partial charge in [-0.2, -0.15) is 0 Å². The minimum absolute atomic E-state index is 0.0270. The lowest BCUT2D eigenvalue weighted by atomic mass is 10.1. The summed E-state index contributed by atoms with van der Waals surface area (Å²) in [4.78, 5) is 14.5. The number of hydrogen-bond donors (Lipinski definition) is 1. The fourth-order valence-corrected chi connectivity index (χ4v) is 2.67. The van der Waals surface area contributed by atoms with E-state index in [-0.39, 0.29) is 11.9 Å². The smallest absolute Gasteiger partial charge is 0.237 e. The number of ether oxygens (including phenoxy) is 3. The van der Waals surface area contributed by atoms with E-state index in [9.17, 15) is 4.79 Å². The van der Waals surface area contributed by atoms with E-state index < -0.39 is 0 Å². The molecule has 27 heavy (non-hydrogen) atoms. The second-order valence-electron chi connectivity index (χ2n) is 6.33. The fourth-order valence-electron chi connectivity index (χ4n) is 2.67. The Labute approximate surface area is 161 Å². The van der Waals surface area contributed by atoms with Crippen LogP contribution in [0.25, 0.3) is 0 Å². The number of amides is 1. The first-order valence-corrected chi connectivity index (χ1v) is 8.80. The van der Waals surface area contributed by atoms with E-state index in [0.29, 0.717) is 13.1 Å². The molecule has 1 amide bonds. The van der Waals surface area contributed by atoms with E-state index in [0.717, 1.165) is 28.4 Å². The van der Waals surface area contributed by atoms with Gasteiger partial charge in [0, 0.05) is 24.7 Å². The Balaban J connectivity index is 1.93. The van der Waals surface area contributed by atoms with E-state index in [2.05, 4.69) is 5.32 Å². The molecule has 2 aromatic rings. The standard InChI is InChI=1S/C21H28N2O4/c1-15(21(24)22-13-16-6-9-18(25-3)10-7-16)23(2)14-17-8-11-19(26-4)12-20(17)27-5/h6-12,15H,13-14H2,1-5H3,(H,22,24)/t15-/m1/s1. The van der Waals surface area contributed by atoms with Gasteiger partial charge >= 0.3 is 0 Å². The van der Waals surface area contributed by atoms with E-state index in [1.165, 1.54) is 0 Å². The van der Waals surface area contributed by atoms with Gasteiger partial charge in [-0.3, -0.25) is 9.69 Å². The van der Waals surface area contributed by atoms with Crippen molar-refractivity contribution in [2.24, 2.45) is 0 Å². The van der Waals surface area contributed by atoms with Gasteiger partial charge in [-0.15, -0.1) is 0 Å². The molecule has 0 saturated carbocycles. The topological polar surface area (TPSA) is 60.0 Å². The lowest BCUT2D eigenvalue weighted by Crippen LogP contribution is -2.42. The van der Waals surface area contributed by atoms with Crippen molar-refractivity contribution in [2.45, 2.75) is 26.1 Å². The largest absolute Gasteiger partial charge is 0.497 e. The molecule has 146 valence electrons. The summed E-state index contributed by atoms with van der Waals surface area (Å²) in [5.74, 6) is 2.25. The molecule has 0 aliphatic heterocycles. The Bertz CT molecular complexity index is 746. The lowest BCUT2D eigenvalue weighted by molar-refractivity contribution is -0.125. The number of methoxy groups -OCH3 is 3. The normalized spacial score (nSPS) is 11.8. The highest BCUT2D eigenvalue weighted by Gasteiger charge is 2.19. The molecule has 0 bridgehead atoms.